The molecule has 0 aliphatic rings. The molecule has 0 saturated heterocycles. The molecular weight excluding hydrogens is 368 g/mol. The van der Waals surface area contributed by atoms with Crippen LogP contribution in [0.3, 0.4) is 0 Å². The van der Waals surface area contributed by atoms with Crippen LogP contribution >= 0.6 is 0 Å². The number of hydrogen-bond donors (Lipinski definition) is 2. The van der Waals surface area contributed by atoms with Crippen LogP contribution < -0.4 is 11.5 Å². The highest BCUT2D eigenvalue weighted by molar-refractivity contribution is 4.94. The van der Waals surface area contributed by atoms with E-state index >= 15 is 0 Å². The first-order valence-corrected chi connectivity index (χ1v) is 12.9. The van der Waals surface area contributed by atoms with Gasteiger partial charge in [0.25, 0.3) is 0 Å². The summed E-state index contributed by atoms with van der Waals surface area (Å²) >= 11 is 0. The van der Waals surface area contributed by atoms with Gasteiger partial charge < -0.3 is 11.5 Å². The van der Waals surface area contributed by atoms with E-state index in [4.69, 9.17) is 11.5 Å². The van der Waals surface area contributed by atoms with Crippen molar-refractivity contribution in [3.8, 4) is 0 Å². The summed E-state index contributed by atoms with van der Waals surface area (Å²) in [6.45, 7) is 26.3. The van der Waals surface area contributed by atoms with Gasteiger partial charge in [0.05, 0.1) is 0 Å². The highest BCUT2D eigenvalue weighted by Gasteiger charge is 2.36. The average Bonchev–Trinajstić information content (AvgIpc) is 2.64. The number of rotatable bonds is 17. The minimum atomic E-state index is -0.111. The monoisotopic (exact) mass is 426 g/mol. The second-order valence-electron chi connectivity index (χ2n) is 10.9. The van der Waals surface area contributed by atoms with E-state index in [9.17, 15) is 0 Å². The molecule has 0 bridgehead atoms. The van der Waals surface area contributed by atoms with Crippen molar-refractivity contribution < 1.29 is 0 Å². The SMILES string of the molecule is CC(C)N(CCCC(C)C(N)(CCCN)C(C)CCCN(C(C)C)C(C)C)C(C)C. The summed E-state index contributed by atoms with van der Waals surface area (Å²) in [4.78, 5) is 5.20. The maximum Gasteiger partial charge on any atom is 0.0206 e. The second-order valence-corrected chi connectivity index (χ2v) is 10.9. The van der Waals surface area contributed by atoms with Crippen LogP contribution in [0.4, 0.5) is 0 Å². The third kappa shape index (κ3) is 9.97. The van der Waals surface area contributed by atoms with E-state index in [1.54, 1.807) is 0 Å². The van der Waals surface area contributed by atoms with Gasteiger partial charge in [0.1, 0.15) is 0 Å². The van der Waals surface area contributed by atoms with Crippen LogP contribution in [-0.2, 0) is 0 Å². The fraction of sp³-hybridized carbons (Fsp3) is 1.00. The Morgan fingerprint density at radius 1 is 0.600 bits per heavy atom. The van der Waals surface area contributed by atoms with Crippen molar-refractivity contribution in [2.24, 2.45) is 23.3 Å². The number of hydrogen-bond acceptors (Lipinski definition) is 4. The van der Waals surface area contributed by atoms with Gasteiger partial charge in [-0.3, -0.25) is 9.80 Å². The van der Waals surface area contributed by atoms with E-state index in [-0.39, 0.29) is 5.54 Å². The zero-order valence-corrected chi connectivity index (χ0v) is 22.4. The van der Waals surface area contributed by atoms with E-state index in [1.807, 2.05) is 0 Å². The maximum absolute atomic E-state index is 7.16. The molecular formula is C26H58N4. The lowest BCUT2D eigenvalue weighted by molar-refractivity contribution is 0.128. The van der Waals surface area contributed by atoms with E-state index in [0.717, 1.165) is 19.4 Å². The van der Waals surface area contributed by atoms with E-state index in [0.29, 0.717) is 36.0 Å². The second kappa shape index (κ2) is 14.8. The zero-order valence-electron chi connectivity index (χ0n) is 22.4. The molecule has 0 fully saturated rings. The standard InChI is InChI=1S/C26H58N4/c1-20(2)29(21(3)4)18-11-14-24(9)26(28,16-13-17-27)25(10)15-12-19-30(22(5)6)23(7)8/h20-25H,11-19,27-28H2,1-10H3. The molecule has 0 rings (SSSR count). The molecule has 0 radical (unpaired) electrons. The Balaban J connectivity index is 4.92. The summed E-state index contributed by atoms with van der Waals surface area (Å²) < 4.78 is 0. The fourth-order valence-corrected chi connectivity index (χ4v) is 5.31. The summed E-state index contributed by atoms with van der Waals surface area (Å²) in [5.41, 5.74) is 12.9. The number of nitrogens with two attached hydrogens (primary N) is 2. The molecule has 182 valence electrons. The van der Waals surface area contributed by atoms with Crippen LogP contribution in [0.5, 0.6) is 0 Å². The molecule has 0 aliphatic carbocycles. The summed E-state index contributed by atoms with van der Waals surface area (Å²) in [6, 6.07) is 2.40. The lowest BCUT2D eigenvalue weighted by Gasteiger charge is -2.42. The van der Waals surface area contributed by atoms with Gasteiger partial charge in [-0.25, -0.2) is 0 Å². The minimum Gasteiger partial charge on any atom is -0.330 e. The molecule has 0 aromatic carbocycles. The molecule has 0 aliphatic heterocycles. The maximum atomic E-state index is 7.16. The summed E-state index contributed by atoms with van der Waals surface area (Å²) in [5.74, 6) is 1.04. The first kappa shape index (κ1) is 29.8. The van der Waals surface area contributed by atoms with E-state index in [2.05, 4.69) is 79.0 Å². The van der Waals surface area contributed by atoms with Crippen molar-refractivity contribution in [2.75, 3.05) is 19.6 Å². The molecule has 2 atom stereocenters. The lowest BCUT2D eigenvalue weighted by Crippen LogP contribution is -2.52. The lowest BCUT2D eigenvalue weighted by atomic mass is 9.70. The molecule has 4 heteroatoms. The molecule has 0 spiro atoms. The first-order chi connectivity index (χ1) is 13.9. The normalized spacial score (nSPS) is 17.0. The topological polar surface area (TPSA) is 58.5 Å². The third-order valence-corrected chi connectivity index (χ3v) is 7.41. The smallest absolute Gasteiger partial charge is 0.0206 e. The zero-order chi connectivity index (χ0) is 23.5. The Kier molecular flexibility index (Phi) is 14.7. The van der Waals surface area contributed by atoms with Crippen LogP contribution in [0.25, 0.3) is 0 Å². The molecule has 4 nitrogen and oxygen atoms in total. The highest BCUT2D eigenvalue weighted by Crippen LogP contribution is 2.34. The molecule has 0 saturated carbocycles. The van der Waals surface area contributed by atoms with E-state index < -0.39 is 0 Å². The molecule has 0 aromatic rings. The van der Waals surface area contributed by atoms with Crippen LogP contribution in [-0.4, -0.2) is 59.1 Å². The Morgan fingerprint density at radius 3 is 1.20 bits per heavy atom. The van der Waals surface area contributed by atoms with Gasteiger partial charge >= 0.3 is 0 Å². The molecule has 30 heavy (non-hydrogen) atoms. The quantitative estimate of drug-likeness (QED) is 0.323. The predicted molar refractivity (Wildman–Crippen MR) is 136 cm³/mol. The van der Waals surface area contributed by atoms with Crippen LogP contribution in [0.1, 0.15) is 108 Å². The van der Waals surface area contributed by atoms with Crippen LogP contribution in [0.2, 0.25) is 0 Å². The van der Waals surface area contributed by atoms with Gasteiger partial charge in [0, 0.05) is 29.7 Å². The summed E-state index contributed by atoms with van der Waals surface area (Å²) in [7, 11) is 0. The minimum absolute atomic E-state index is 0.111. The molecule has 0 aromatic heterocycles. The average molecular weight is 427 g/mol. The Hall–Kier alpha value is -0.160. The van der Waals surface area contributed by atoms with E-state index in [1.165, 1.54) is 38.8 Å². The Bertz CT molecular complexity index is 371. The van der Waals surface area contributed by atoms with Crippen molar-refractivity contribution in [3.05, 3.63) is 0 Å². The van der Waals surface area contributed by atoms with Crippen molar-refractivity contribution in [1.82, 2.24) is 9.80 Å². The molecule has 0 amide bonds. The van der Waals surface area contributed by atoms with Crippen molar-refractivity contribution >= 4 is 0 Å². The highest BCUT2D eigenvalue weighted by atomic mass is 15.2. The predicted octanol–water partition coefficient (Wildman–Crippen LogP) is 5.49. The van der Waals surface area contributed by atoms with Gasteiger partial charge in [0.2, 0.25) is 0 Å². The molecule has 4 N–H and O–H groups in total. The fourth-order valence-electron chi connectivity index (χ4n) is 5.31. The van der Waals surface area contributed by atoms with Gasteiger partial charge in [-0.1, -0.05) is 13.8 Å². The van der Waals surface area contributed by atoms with Gasteiger partial charge in [0.15, 0.2) is 0 Å². The van der Waals surface area contributed by atoms with Crippen molar-refractivity contribution in [2.45, 2.75) is 137 Å². The van der Waals surface area contributed by atoms with Crippen molar-refractivity contribution in [1.29, 1.82) is 0 Å². The summed E-state index contributed by atoms with van der Waals surface area (Å²) in [5, 5.41) is 0. The Morgan fingerprint density at radius 2 is 0.933 bits per heavy atom. The molecule has 2 unspecified atom stereocenters. The van der Waals surface area contributed by atoms with Gasteiger partial charge in [-0.2, -0.15) is 0 Å². The first-order valence-electron chi connectivity index (χ1n) is 12.9. The van der Waals surface area contributed by atoms with Gasteiger partial charge in [-0.05, 0) is 125 Å². The summed E-state index contributed by atoms with van der Waals surface area (Å²) in [6.07, 6.45) is 6.92. The van der Waals surface area contributed by atoms with Crippen LogP contribution in [0.15, 0.2) is 0 Å². The van der Waals surface area contributed by atoms with Crippen molar-refractivity contribution in [3.63, 3.8) is 0 Å². The molecule has 0 heterocycles. The largest absolute Gasteiger partial charge is 0.330 e. The number of nitrogens with zero attached hydrogens (tertiary/aromatic N) is 2. The third-order valence-electron chi connectivity index (χ3n) is 7.41. The van der Waals surface area contributed by atoms with Gasteiger partial charge in [-0.15, -0.1) is 0 Å². The van der Waals surface area contributed by atoms with Crippen LogP contribution in [0, 0.1) is 11.8 Å². The Labute approximate surface area is 190 Å².